The summed E-state index contributed by atoms with van der Waals surface area (Å²) in [5.41, 5.74) is 0.804. The third-order valence-corrected chi connectivity index (χ3v) is 2.36. The lowest BCUT2D eigenvalue weighted by Gasteiger charge is -2.05. The van der Waals surface area contributed by atoms with Crippen LogP contribution in [0.5, 0.6) is 0 Å². The molecule has 2 nitrogen and oxygen atoms in total. The number of ether oxygens (including phenoxy) is 1. The quantitative estimate of drug-likeness (QED) is 0.643. The van der Waals surface area contributed by atoms with Gasteiger partial charge in [0.2, 0.25) is 0 Å². The zero-order valence-electron chi connectivity index (χ0n) is 7.40. The van der Waals surface area contributed by atoms with Crippen molar-refractivity contribution in [2.45, 2.75) is 6.42 Å². The van der Waals surface area contributed by atoms with E-state index >= 15 is 0 Å². The van der Waals surface area contributed by atoms with Gasteiger partial charge in [-0.2, -0.15) is 0 Å². The van der Waals surface area contributed by atoms with Crippen molar-refractivity contribution in [1.82, 2.24) is 0 Å². The number of rotatable bonds is 2. The second-order valence-electron chi connectivity index (χ2n) is 3.29. The Morgan fingerprint density at radius 1 is 1.31 bits per heavy atom. The summed E-state index contributed by atoms with van der Waals surface area (Å²) in [6, 6.07) is 9.43. The molecule has 1 aliphatic heterocycles. The molecule has 2 rings (SSSR count). The maximum atomic E-state index is 11.8. The Hall–Kier alpha value is -1.15. The molecule has 2 heteroatoms. The van der Waals surface area contributed by atoms with Crippen LogP contribution in [0.25, 0.3) is 0 Å². The fourth-order valence-electron chi connectivity index (χ4n) is 1.58. The molecule has 1 saturated heterocycles. The van der Waals surface area contributed by atoms with Gasteiger partial charge in [0, 0.05) is 18.1 Å². The summed E-state index contributed by atoms with van der Waals surface area (Å²) in [6.45, 7) is 1.32. The Bertz CT molecular complexity index is 286. The van der Waals surface area contributed by atoms with Gasteiger partial charge in [-0.05, 0) is 6.42 Å². The van der Waals surface area contributed by atoms with Gasteiger partial charge in [-0.15, -0.1) is 0 Å². The Balaban J connectivity index is 2.13. The van der Waals surface area contributed by atoms with Crippen LogP contribution >= 0.6 is 0 Å². The molecule has 0 amide bonds. The van der Waals surface area contributed by atoms with Gasteiger partial charge in [0.05, 0.1) is 6.61 Å². The number of ketones is 1. The van der Waals surface area contributed by atoms with E-state index in [0.717, 1.165) is 18.6 Å². The van der Waals surface area contributed by atoms with Crippen molar-refractivity contribution < 1.29 is 9.53 Å². The van der Waals surface area contributed by atoms with Crippen molar-refractivity contribution >= 4 is 5.78 Å². The van der Waals surface area contributed by atoms with Crippen LogP contribution in [-0.2, 0) is 4.74 Å². The molecule has 0 unspecified atom stereocenters. The summed E-state index contributed by atoms with van der Waals surface area (Å²) >= 11 is 0. The molecule has 0 N–H and O–H groups in total. The number of carbonyl (C=O) groups excluding carboxylic acids is 1. The molecule has 68 valence electrons. The standard InChI is InChI=1S/C11H12O2/c12-11(10-6-7-13-8-10)9-4-2-1-3-5-9/h1-5,10H,6-8H2/t10-/m0/s1. The van der Waals surface area contributed by atoms with Gasteiger partial charge in [-0.3, -0.25) is 4.79 Å². The molecule has 1 aliphatic rings. The minimum atomic E-state index is 0.0856. The van der Waals surface area contributed by atoms with Crippen LogP contribution in [0.4, 0.5) is 0 Å². The molecule has 1 heterocycles. The largest absolute Gasteiger partial charge is 0.381 e. The first kappa shape index (κ1) is 8.45. The minimum Gasteiger partial charge on any atom is -0.381 e. The third kappa shape index (κ3) is 1.78. The van der Waals surface area contributed by atoms with Crippen LogP contribution in [-0.4, -0.2) is 19.0 Å². The first-order valence-corrected chi connectivity index (χ1v) is 4.55. The predicted molar refractivity (Wildman–Crippen MR) is 49.7 cm³/mol. The second-order valence-corrected chi connectivity index (χ2v) is 3.29. The maximum Gasteiger partial charge on any atom is 0.168 e. The molecule has 1 fully saturated rings. The van der Waals surface area contributed by atoms with Crippen molar-refractivity contribution in [3.63, 3.8) is 0 Å². The van der Waals surface area contributed by atoms with E-state index < -0.39 is 0 Å². The molecule has 0 radical (unpaired) electrons. The Morgan fingerprint density at radius 3 is 2.69 bits per heavy atom. The molecule has 1 aromatic rings. The van der Waals surface area contributed by atoms with Gasteiger partial charge in [-0.1, -0.05) is 30.3 Å². The predicted octanol–water partition coefficient (Wildman–Crippen LogP) is 1.91. The van der Waals surface area contributed by atoms with E-state index in [1.165, 1.54) is 0 Å². The summed E-state index contributed by atoms with van der Waals surface area (Å²) in [5.74, 6) is 0.306. The van der Waals surface area contributed by atoms with Gasteiger partial charge in [0.1, 0.15) is 0 Å². The van der Waals surface area contributed by atoms with Crippen molar-refractivity contribution in [2.75, 3.05) is 13.2 Å². The van der Waals surface area contributed by atoms with E-state index in [0.29, 0.717) is 6.61 Å². The van der Waals surface area contributed by atoms with Crippen LogP contribution in [0, 0.1) is 5.92 Å². The molecule has 13 heavy (non-hydrogen) atoms. The van der Waals surface area contributed by atoms with Gasteiger partial charge in [-0.25, -0.2) is 0 Å². The molecule has 1 atom stereocenters. The van der Waals surface area contributed by atoms with Crippen LogP contribution in [0.3, 0.4) is 0 Å². The Kier molecular flexibility index (Phi) is 2.41. The number of hydrogen-bond donors (Lipinski definition) is 0. The average Bonchev–Trinajstić information content (AvgIpc) is 2.71. The number of carbonyl (C=O) groups is 1. The first-order chi connectivity index (χ1) is 6.38. The molecule has 0 aliphatic carbocycles. The Labute approximate surface area is 77.5 Å². The lowest BCUT2D eigenvalue weighted by Crippen LogP contribution is -2.14. The zero-order chi connectivity index (χ0) is 9.10. The van der Waals surface area contributed by atoms with Crippen LogP contribution < -0.4 is 0 Å². The van der Waals surface area contributed by atoms with Crippen LogP contribution in [0.15, 0.2) is 30.3 Å². The molecule has 0 aromatic heterocycles. The molecule has 0 saturated carbocycles. The summed E-state index contributed by atoms with van der Waals surface area (Å²) < 4.78 is 5.18. The molecule has 1 aromatic carbocycles. The molecular formula is C11H12O2. The zero-order valence-corrected chi connectivity index (χ0v) is 7.40. The van der Waals surface area contributed by atoms with E-state index in [2.05, 4.69) is 0 Å². The summed E-state index contributed by atoms with van der Waals surface area (Å²) in [7, 11) is 0. The van der Waals surface area contributed by atoms with E-state index in [1.807, 2.05) is 30.3 Å². The van der Waals surface area contributed by atoms with E-state index in [9.17, 15) is 4.79 Å². The highest BCUT2D eigenvalue weighted by atomic mass is 16.5. The number of benzene rings is 1. The SMILES string of the molecule is O=C(c1ccccc1)[C@H]1CCOC1. The number of hydrogen-bond acceptors (Lipinski definition) is 2. The third-order valence-electron chi connectivity index (χ3n) is 2.36. The fourth-order valence-corrected chi connectivity index (χ4v) is 1.58. The Morgan fingerprint density at radius 2 is 2.08 bits per heavy atom. The summed E-state index contributed by atoms with van der Waals surface area (Å²) in [4.78, 5) is 11.8. The maximum absolute atomic E-state index is 11.8. The van der Waals surface area contributed by atoms with E-state index in [-0.39, 0.29) is 11.7 Å². The van der Waals surface area contributed by atoms with Gasteiger partial charge in [0.15, 0.2) is 5.78 Å². The highest BCUT2D eigenvalue weighted by molar-refractivity contribution is 5.98. The van der Waals surface area contributed by atoms with Crippen molar-refractivity contribution in [1.29, 1.82) is 0 Å². The molecule has 0 bridgehead atoms. The van der Waals surface area contributed by atoms with Crippen molar-refractivity contribution in [3.8, 4) is 0 Å². The normalized spacial score (nSPS) is 21.7. The molecular weight excluding hydrogens is 164 g/mol. The van der Waals surface area contributed by atoms with Crippen molar-refractivity contribution in [2.24, 2.45) is 5.92 Å². The lowest BCUT2D eigenvalue weighted by atomic mass is 9.97. The lowest BCUT2D eigenvalue weighted by molar-refractivity contribution is 0.0900. The monoisotopic (exact) mass is 176 g/mol. The van der Waals surface area contributed by atoms with Crippen LogP contribution in [0.2, 0.25) is 0 Å². The van der Waals surface area contributed by atoms with Gasteiger partial charge >= 0.3 is 0 Å². The fraction of sp³-hybridized carbons (Fsp3) is 0.364. The average molecular weight is 176 g/mol. The highest BCUT2D eigenvalue weighted by Gasteiger charge is 2.23. The van der Waals surface area contributed by atoms with Crippen molar-refractivity contribution in [3.05, 3.63) is 35.9 Å². The molecule has 0 spiro atoms. The second kappa shape index (κ2) is 3.71. The first-order valence-electron chi connectivity index (χ1n) is 4.55. The van der Waals surface area contributed by atoms with E-state index in [1.54, 1.807) is 0 Å². The minimum absolute atomic E-state index is 0.0856. The van der Waals surface area contributed by atoms with Crippen LogP contribution in [0.1, 0.15) is 16.8 Å². The van der Waals surface area contributed by atoms with E-state index in [4.69, 9.17) is 4.74 Å². The highest BCUT2D eigenvalue weighted by Crippen LogP contribution is 2.17. The topological polar surface area (TPSA) is 26.3 Å². The van der Waals surface area contributed by atoms with Gasteiger partial charge in [0.25, 0.3) is 0 Å². The number of Topliss-reactive ketones (excluding diaryl/α,β-unsaturated/α-hetero) is 1. The van der Waals surface area contributed by atoms with Gasteiger partial charge < -0.3 is 4.74 Å². The smallest absolute Gasteiger partial charge is 0.168 e. The summed E-state index contributed by atoms with van der Waals surface area (Å²) in [6.07, 6.45) is 0.869. The summed E-state index contributed by atoms with van der Waals surface area (Å²) in [5, 5.41) is 0.